The first kappa shape index (κ1) is 19.1. The van der Waals surface area contributed by atoms with E-state index in [0.29, 0.717) is 17.7 Å². The third-order valence-electron chi connectivity index (χ3n) is 4.32. The van der Waals surface area contributed by atoms with Crippen molar-refractivity contribution in [2.75, 3.05) is 6.61 Å². The Morgan fingerprint density at radius 1 is 0.947 bits per heavy atom. The molecule has 0 aromatic heterocycles. The van der Waals surface area contributed by atoms with E-state index in [1.165, 1.54) is 38.5 Å². The van der Waals surface area contributed by atoms with E-state index in [2.05, 4.69) is 40.8 Å². The van der Waals surface area contributed by atoms with Crippen LogP contribution in [-0.2, 0) is 4.43 Å². The van der Waals surface area contributed by atoms with Crippen LogP contribution in [0.2, 0.25) is 18.1 Å². The lowest BCUT2D eigenvalue weighted by Gasteiger charge is -2.38. The highest BCUT2D eigenvalue weighted by Crippen LogP contribution is 2.37. The molecule has 0 saturated heterocycles. The van der Waals surface area contributed by atoms with Crippen molar-refractivity contribution in [1.82, 2.24) is 0 Å². The van der Waals surface area contributed by atoms with Crippen LogP contribution in [0.5, 0.6) is 0 Å². The monoisotopic (exact) mass is 288 g/mol. The second kappa shape index (κ2) is 9.14. The standard InChI is InChI=1S/C16H36O2Si/c1-15(18-19(5,6)16(2,3)4)13-11-9-7-8-10-12-14-17/h15,17H,7-14H2,1-6H3/t15-/m0/s1. The zero-order valence-corrected chi connectivity index (χ0v) is 15.1. The van der Waals surface area contributed by atoms with E-state index < -0.39 is 8.32 Å². The Kier molecular flexibility index (Phi) is 9.21. The summed E-state index contributed by atoms with van der Waals surface area (Å²) in [5.74, 6) is 0. The molecule has 0 radical (unpaired) electrons. The number of rotatable bonds is 10. The molecule has 0 amide bonds. The zero-order valence-electron chi connectivity index (χ0n) is 14.1. The van der Waals surface area contributed by atoms with Crippen molar-refractivity contribution in [1.29, 1.82) is 0 Å². The Balaban J connectivity index is 3.68. The van der Waals surface area contributed by atoms with E-state index in [1.807, 2.05) is 0 Å². The molecular formula is C16H36O2Si. The van der Waals surface area contributed by atoms with E-state index in [-0.39, 0.29) is 0 Å². The molecule has 0 rings (SSSR count). The summed E-state index contributed by atoms with van der Waals surface area (Å²) in [5.41, 5.74) is 0. The number of aliphatic hydroxyl groups is 1. The van der Waals surface area contributed by atoms with Crippen molar-refractivity contribution in [2.45, 2.75) is 96.9 Å². The van der Waals surface area contributed by atoms with Crippen molar-refractivity contribution in [2.24, 2.45) is 0 Å². The molecule has 0 aliphatic rings. The third-order valence-corrected chi connectivity index (χ3v) is 8.92. The molecule has 3 heteroatoms. The summed E-state index contributed by atoms with van der Waals surface area (Å²) in [6, 6.07) is 0. The van der Waals surface area contributed by atoms with Gasteiger partial charge in [-0.05, 0) is 37.9 Å². The van der Waals surface area contributed by atoms with Gasteiger partial charge in [0.2, 0.25) is 0 Å². The Labute approximate surface area is 122 Å². The van der Waals surface area contributed by atoms with E-state index >= 15 is 0 Å². The van der Waals surface area contributed by atoms with Gasteiger partial charge in [0, 0.05) is 12.7 Å². The van der Waals surface area contributed by atoms with Gasteiger partial charge in [-0.25, -0.2) is 0 Å². The van der Waals surface area contributed by atoms with Crippen molar-refractivity contribution in [3.63, 3.8) is 0 Å². The maximum Gasteiger partial charge on any atom is 0.192 e. The SMILES string of the molecule is C[C@@H](CCCCCCCCO)O[Si](C)(C)C(C)(C)C. The molecule has 2 nitrogen and oxygen atoms in total. The molecule has 0 saturated carbocycles. The van der Waals surface area contributed by atoms with Crippen LogP contribution in [0.3, 0.4) is 0 Å². The smallest absolute Gasteiger partial charge is 0.192 e. The predicted octanol–water partition coefficient (Wildman–Crippen LogP) is 5.12. The second-order valence-corrected chi connectivity index (χ2v) is 12.1. The molecule has 0 aliphatic carbocycles. The van der Waals surface area contributed by atoms with Gasteiger partial charge >= 0.3 is 0 Å². The third kappa shape index (κ3) is 8.82. The van der Waals surface area contributed by atoms with E-state index in [4.69, 9.17) is 9.53 Å². The molecule has 0 aromatic carbocycles. The van der Waals surface area contributed by atoms with Gasteiger partial charge in [0.05, 0.1) is 0 Å². The predicted molar refractivity (Wildman–Crippen MR) is 87.1 cm³/mol. The molecule has 19 heavy (non-hydrogen) atoms. The normalized spacial score (nSPS) is 14.7. The van der Waals surface area contributed by atoms with Gasteiger partial charge in [-0.3, -0.25) is 0 Å². The molecule has 0 unspecified atom stereocenters. The van der Waals surface area contributed by atoms with E-state index in [0.717, 1.165) is 6.42 Å². The molecule has 116 valence electrons. The Morgan fingerprint density at radius 3 is 1.89 bits per heavy atom. The highest BCUT2D eigenvalue weighted by molar-refractivity contribution is 6.74. The van der Waals surface area contributed by atoms with Crippen molar-refractivity contribution in [3.8, 4) is 0 Å². The summed E-state index contributed by atoms with van der Waals surface area (Å²) in [4.78, 5) is 0. The molecule has 0 aromatic rings. The van der Waals surface area contributed by atoms with Gasteiger partial charge in [0.1, 0.15) is 0 Å². The zero-order chi connectivity index (χ0) is 14.9. The first-order chi connectivity index (χ1) is 8.70. The summed E-state index contributed by atoms with van der Waals surface area (Å²) in [6.45, 7) is 14.1. The molecule has 1 atom stereocenters. The first-order valence-corrected chi connectivity index (χ1v) is 10.9. The van der Waals surface area contributed by atoms with Crippen LogP contribution in [0, 0.1) is 0 Å². The van der Waals surface area contributed by atoms with Gasteiger partial charge < -0.3 is 9.53 Å². The average Bonchev–Trinajstić information content (AvgIpc) is 2.25. The molecule has 0 aliphatic heterocycles. The minimum atomic E-state index is -1.58. The van der Waals surface area contributed by atoms with Crippen molar-refractivity contribution in [3.05, 3.63) is 0 Å². The maximum absolute atomic E-state index is 8.70. The average molecular weight is 289 g/mol. The lowest BCUT2D eigenvalue weighted by Crippen LogP contribution is -2.43. The summed E-state index contributed by atoms with van der Waals surface area (Å²) in [7, 11) is -1.58. The second-order valence-electron chi connectivity index (χ2n) is 7.32. The van der Waals surface area contributed by atoms with Gasteiger partial charge in [-0.1, -0.05) is 52.9 Å². The van der Waals surface area contributed by atoms with Gasteiger partial charge in [-0.15, -0.1) is 0 Å². The summed E-state index contributed by atoms with van der Waals surface area (Å²) in [6.07, 6.45) is 8.86. The highest BCUT2D eigenvalue weighted by atomic mass is 28.4. The number of hydrogen-bond acceptors (Lipinski definition) is 2. The fourth-order valence-corrected chi connectivity index (χ4v) is 3.47. The minimum Gasteiger partial charge on any atom is -0.414 e. The van der Waals surface area contributed by atoms with Gasteiger partial charge in [0.15, 0.2) is 8.32 Å². The molecule has 1 N–H and O–H groups in total. The van der Waals surface area contributed by atoms with Gasteiger partial charge in [-0.2, -0.15) is 0 Å². The van der Waals surface area contributed by atoms with Crippen LogP contribution in [0.15, 0.2) is 0 Å². The van der Waals surface area contributed by atoms with Crippen LogP contribution in [0.25, 0.3) is 0 Å². The summed E-state index contributed by atoms with van der Waals surface area (Å²) in [5, 5.41) is 9.01. The fraction of sp³-hybridized carbons (Fsp3) is 1.00. The molecule has 0 fully saturated rings. The Bertz CT molecular complexity index is 221. The number of hydrogen-bond donors (Lipinski definition) is 1. The van der Waals surface area contributed by atoms with E-state index in [1.54, 1.807) is 0 Å². The van der Waals surface area contributed by atoms with Gasteiger partial charge in [0.25, 0.3) is 0 Å². The molecule has 0 spiro atoms. The molecule has 0 bridgehead atoms. The minimum absolute atomic E-state index is 0.311. The quantitative estimate of drug-likeness (QED) is 0.446. The topological polar surface area (TPSA) is 29.5 Å². The molecule has 0 heterocycles. The Hall–Kier alpha value is 0.137. The number of unbranched alkanes of at least 4 members (excludes halogenated alkanes) is 5. The maximum atomic E-state index is 8.70. The number of aliphatic hydroxyl groups excluding tert-OH is 1. The Morgan fingerprint density at radius 2 is 1.42 bits per heavy atom. The highest BCUT2D eigenvalue weighted by Gasteiger charge is 2.38. The largest absolute Gasteiger partial charge is 0.414 e. The van der Waals surface area contributed by atoms with Crippen LogP contribution < -0.4 is 0 Å². The van der Waals surface area contributed by atoms with E-state index in [9.17, 15) is 0 Å². The van der Waals surface area contributed by atoms with Crippen LogP contribution in [0.1, 0.15) is 72.6 Å². The van der Waals surface area contributed by atoms with Crippen molar-refractivity contribution >= 4 is 8.32 Å². The van der Waals surface area contributed by atoms with Crippen LogP contribution in [-0.4, -0.2) is 26.1 Å². The lowest BCUT2D eigenvalue weighted by molar-refractivity contribution is 0.185. The van der Waals surface area contributed by atoms with Crippen LogP contribution in [0.4, 0.5) is 0 Å². The first-order valence-electron chi connectivity index (χ1n) is 7.99. The van der Waals surface area contributed by atoms with Crippen LogP contribution >= 0.6 is 0 Å². The van der Waals surface area contributed by atoms with Crippen molar-refractivity contribution < 1.29 is 9.53 Å². The lowest BCUT2D eigenvalue weighted by atomic mass is 10.1. The summed E-state index contributed by atoms with van der Waals surface area (Å²) < 4.78 is 6.35. The molecular weight excluding hydrogens is 252 g/mol. The summed E-state index contributed by atoms with van der Waals surface area (Å²) >= 11 is 0. The fourth-order valence-electron chi connectivity index (χ4n) is 1.99.